The molecule has 0 saturated heterocycles. The van der Waals surface area contributed by atoms with Crippen LogP contribution in [0.2, 0.25) is 0 Å². The van der Waals surface area contributed by atoms with E-state index in [2.05, 4.69) is 15.6 Å². The zero-order valence-corrected chi connectivity index (χ0v) is 24.8. The van der Waals surface area contributed by atoms with Crippen molar-refractivity contribution >= 4 is 23.6 Å². The van der Waals surface area contributed by atoms with Crippen LogP contribution in [0.5, 0.6) is 5.75 Å². The number of oxazole rings is 1. The highest BCUT2D eigenvalue weighted by molar-refractivity contribution is 5.95. The van der Waals surface area contributed by atoms with Crippen molar-refractivity contribution in [3.8, 4) is 5.75 Å². The van der Waals surface area contributed by atoms with Crippen molar-refractivity contribution in [3.63, 3.8) is 0 Å². The maximum atomic E-state index is 13.5. The average molecular weight is 594 g/mol. The maximum absolute atomic E-state index is 13.5. The van der Waals surface area contributed by atoms with Crippen molar-refractivity contribution < 1.29 is 38.5 Å². The van der Waals surface area contributed by atoms with E-state index in [1.165, 1.54) is 24.3 Å². The van der Waals surface area contributed by atoms with Crippen LogP contribution in [-0.4, -0.2) is 63.6 Å². The molecule has 0 saturated carbocycles. The summed E-state index contributed by atoms with van der Waals surface area (Å²) in [7, 11) is 0. The molecular formula is C32H39N3O8. The lowest BCUT2D eigenvalue weighted by Gasteiger charge is -2.28. The Balaban J connectivity index is 1.91. The second kappa shape index (κ2) is 15.6. The van der Waals surface area contributed by atoms with Crippen molar-refractivity contribution in [1.29, 1.82) is 0 Å². The first-order valence-corrected chi connectivity index (χ1v) is 14.2. The number of aromatic nitrogens is 1. The molecule has 43 heavy (non-hydrogen) atoms. The summed E-state index contributed by atoms with van der Waals surface area (Å²) < 4.78 is 11.2. The first-order valence-electron chi connectivity index (χ1n) is 14.2. The number of rotatable bonds is 3. The number of cyclic esters (lactones) is 1. The van der Waals surface area contributed by atoms with E-state index in [0.29, 0.717) is 11.1 Å². The number of phenols is 1. The van der Waals surface area contributed by atoms with Crippen molar-refractivity contribution in [3.05, 3.63) is 83.6 Å². The number of ketones is 1. The number of carbonyl (C=O) groups excluding carboxylic acids is 4. The number of amides is 2. The minimum atomic E-state index is -1.13. The highest BCUT2D eigenvalue weighted by Gasteiger charge is 2.30. The van der Waals surface area contributed by atoms with Crippen LogP contribution in [0.25, 0.3) is 0 Å². The third-order valence-corrected chi connectivity index (χ3v) is 6.74. The van der Waals surface area contributed by atoms with E-state index in [1.54, 1.807) is 37.3 Å². The molecule has 4 N–H and O–H groups in total. The van der Waals surface area contributed by atoms with Gasteiger partial charge in [-0.3, -0.25) is 14.4 Å². The third-order valence-electron chi connectivity index (χ3n) is 6.74. The molecule has 4 unspecified atom stereocenters. The molecule has 2 aromatic rings. The van der Waals surface area contributed by atoms with Crippen LogP contribution in [0.4, 0.5) is 0 Å². The van der Waals surface area contributed by atoms with E-state index in [4.69, 9.17) is 9.15 Å². The number of phenolic OH excluding ortho intramolecular Hbond substituents is 1. The summed E-state index contributed by atoms with van der Waals surface area (Å²) in [6, 6.07) is 5.07. The molecule has 2 bridgehead atoms. The van der Waals surface area contributed by atoms with Gasteiger partial charge in [0.25, 0.3) is 5.91 Å². The van der Waals surface area contributed by atoms with E-state index < -0.39 is 30.1 Å². The summed E-state index contributed by atoms with van der Waals surface area (Å²) in [6.07, 6.45) is 7.09. The van der Waals surface area contributed by atoms with Gasteiger partial charge < -0.3 is 30.0 Å². The van der Waals surface area contributed by atoms with Crippen LogP contribution < -0.4 is 10.6 Å². The number of nitrogens with one attached hydrogen (secondary N) is 2. The molecule has 0 aliphatic carbocycles. The maximum Gasteiger partial charge on any atom is 0.329 e. The molecule has 0 spiro atoms. The molecule has 230 valence electrons. The highest BCUT2D eigenvalue weighted by Crippen LogP contribution is 2.20. The fraction of sp³-hybridized carbons (Fsp3) is 0.406. The van der Waals surface area contributed by atoms with Gasteiger partial charge in [0.15, 0.2) is 5.69 Å². The fourth-order valence-electron chi connectivity index (χ4n) is 4.56. The van der Waals surface area contributed by atoms with Crippen LogP contribution in [0.1, 0.15) is 56.1 Å². The molecule has 0 radical (unpaired) electrons. The summed E-state index contributed by atoms with van der Waals surface area (Å²) in [5.41, 5.74) is 1.23. The van der Waals surface area contributed by atoms with E-state index in [-0.39, 0.29) is 66.7 Å². The van der Waals surface area contributed by atoms with Gasteiger partial charge >= 0.3 is 5.97 Å². The summed E-state index contributed by atoms with van der Waals surface area (Å²) in [4.78, 5) is 55.6. The summed E-state index contributed by atoms with van der Waals surface area (Å²) in [5, 5.41) is 25.3. The largest absolute Gasteiger partial charge is 0.508 e. The fourth-order valence-corrected chi connectivity index (χ4v) is 4.56. The first-order chi connectivity index (χ1) is 20.4. The minimum absolute atomic E-state index is 0.00442. The number of esters is 1. The topological polar surface area (TPSA) is 168 Å². The van der Waals surface area contributed by atoms with Gasteiger partial charge in [0.1, 0.15) is 29.9 Å². The number of nitrogens with zero attached hydrogens (tertiary/aromatic N) is 1. The summed E-state index contributed by atoms with van der Waals surface area (Å²) >= 11 is 0. The number of benzene rings is 1. The number of aromatic hydroxyl groups is 1. The quantitative estimate of drug-likeness (QED) is 0.391. The Hall–Kier alpha value is -4.51. The van der Waals surface area contributed by atoms with Gasteiger partial charge in [-0.15, -0.1) is 0 Å². The Labute approximate surface area is 250 Å². The highest BCUT2D eigenvalue weighted by atomic mass is 16.5. The van der Waals surface area contributed by atoms with Crippen molar-refractivity contribution in [2.24, 2.45) is 11.8 Å². The Morgan fingerprint density at radius 1 is 1.09 bits per heavy atom. The zero-order valence-electron chi connectivity index (χ0n) is 24.8. The van der Waals surface area contributed by atoms with Gasteiger partial charge in [-0.05, 0) is 36.6 Å². The molecule has 2 heterocycles. The monoisotopic (exact) mass is 593 g/mol. The van der Waals surface area contributed by atoms with E-state index >= 15 is 0 Å². The van der Waals surface area contributed by atoms with Crippen molar-refractivity contribution in [1.82, 2.24) is 15.6 Å². The molecule has 11 heteroatoms. The number of hydrogen-bond donors (Lipinski definition) is 4. The second-order valence-corrected chi connectivity index (χ2v) is 10.9. The minimum Gasteiger partial charge on any atom is -0.508 e. The van der Waals surface area contributed by atoms with Crippen LogP contribution in [0, 0.1) is 11.8 Å². The molecule has 4 atom stereocenters. The number of carbonyl (C=O) groups is 4. The smallest absolute Gasteiger partial charge is 0.329 e. The van der Waals surface area contributed by atoms with Crippen LogP contribution >= 0.6 is 0 Å². The van der Waals surface area contributed by atoms with Gasteiger partial charge in [0, 0.05) is 25.3 Å². The van der Waals surface area contributed by atoms with Crippen molar-refractivity contribution in [2.45, 2.75) is 65.2 Å². The SMILES string of the molecule is CC1=CC(O)CC(=O)Cc2nc(co2)C(=O)NC(Cc2ccc(O)cc2)C(=O)OC(C(C)C)C(C)/C=C/C(=O)NCC=C1. The normalized spacial score (nSPS) is 24.1. The lowest BCUT2D eigenvalue weighted by atomic mass is 9.94. The number of allylic oxidation sites excluding steroid dienone is 2. The summed E-state index contributed by atoms with van der Waals surface area (Å²) in [5.74, 6) is -2.49. The zero-order chi connectivity index (χ0) is 31.5. The van der Waals surface area contributed by atoms with E-state index in [1.807, 2.05) is 20.8 Å². The molecule has 0 fully saturated rings. The lowest BCUT2D eigenvalue weighted by molar-refractivity contribution is -0.155. The van der Waals surface area contributed by atoms with Crippen LogP contribution in [0.3, 0.4) is 0 Å². The molecule has 1 aromatic carbocycles. The molecule has 1 aromatic heterocycles. The predicted octanol–water partition coefficient (Wildman–Crippen LogP) is 2.98. The standard InChI is InChI=1S/C32H39N3O8/c1-19(2)30-21(4)7-12-28(39)33-13-5-6-20(3)14-24(37)16-25(38)17-29-34-27(18-42-29)31(40)35-26(32(41)43-30)15-22-8-10-23(36)11-9-22/h5-12,14,18-19,21,24,26,30,36-37H,13,15-17H2,1-4H3,(H,33,39)(H,35,40)/b6-5?,12-7+,20-14?. The number of Topliss-reactive ketones (excluding diaryl/α,β-unsaturated/α-hetero) is 1. The number of fused-ring (bicyclic) bond motifs is 2. The van der Waals surface area contributed by atoms with E-state index in [0.717, 1.165) is 6.26 Å². The molecule has 3 rings (SSSR count). The summed E-state index contributed by atoms with van der Waals surface area (Å²) in [6.45, 7) is 7.60. The van der Waals surface area contributed by atoms with Crippen molar-refractivity contribution in [2.75, 3.05) is 6.54 Å². The first kappa shape index (κ1) is 33.0. The predicted molar refractivity (Wildman–Crippen MR) is 158 cm³/mol. The number of ether oxygens (including phenoxy) is 1. The van der Waals surface area contributed by atoms with Gasteiger partial charge in [-0.25, -0.2) is 9.78 Å². The Morgan fingerprint density at radius 3 is 2.51 bits per heavy atom. The molecule has 2 amide bonds. The Bertz CT molecular complexity index is 1370. The average Bonchev–Trinajstić information content (AvgIpc) is 3.41. The lowest BCUT2D eigenvalue weighted by Crippen LogP contribution is -2.46. The number of aliphatic hydroxyl groups excluding tert-OH is 1. The van der Waals surface area contributed by atoms with E-state index in [9.17, 15) is 29.4 Å². The third kappa shape index (κ3) is 10.7. The molecule has 11 nitrogen and oxygen atoms in total. The van der Waals surface area contributed by atoms with Gasteiger partial charge in [0.05, 0.1) is 12.5 Å². The van der Waals surface area contributed by atoms with Crippen LogP contribution in [-0.2, 0) is 32.0 Å². The molecular weight excluding hydrogens is 554 g/mol. The Morgan fingerprint density at radius 2 is 1.81 bits per heavy atom. The second-order valence-electron chi connectivity index (χ2n) is 10.9. The number of aliphatic hydroxyl groups is 1. The van der Waals surface area contributed by atoms with Gasteiger partial charge in [-0.2, -0.15) is 0 Å². The molecule has 1 aliphatic heterocycles. The van der Waals surface area contributed by atoms with Crippen LogP contribution in [0.15, 0.2) is 70.9 Å². The van der Waals surface area contributed by atoms with Gasteiger partial charge in [0.2, 0.25) is 11.8 Å². The number of hydrogen-bond acceptors (Lipinski definition) is 9. The molecule has 1 aliphatic rings. The van der Waals surface area contributed by atoms with Gasteiger partial charge in [-0.1, -0.05) is 62.8 Å². The Kier molecular flexibility index (Phi) is 12.0.